The van der Waals surface area contributed by atoms with Gasteiger partial charge in [0.25, 0.3) is 5.91 Å². The number of hydrogen-bond acceptors (Lipinski definition) is 5. The van der Waals surface area contributed by atoms with E-state index in [2.05, 4.69) is 15.6 Å². The van der Waals surface area contributed by atoms with Crippen LogP contribution in [0.25, 0.3) is 11.1 Å². The third-order valence-corrected chi connectivity index (χ3v) is 5.59. The summed E-state index contributed by atoms with van der Waals surface area (Å²) in [4.78, 5) is 28.0. The minimum Gasteiger partial charge on any atom is -0.381 e. The van der Waals surface area contributed by atoms with Crippen molar-refractivity contribution in [2.24, 2.45) is 0 Å². The summed E-state index contributed by atoms with van der Waals surface area (Å²) in [7, 11) is 0. The van der Waals surface area contributed by atoms with Crippen LogP contribution in [0.2, 0.25) is 0 Å². The molecule has 0 radical (unpaired) electrons. The van der Waals surface area contributed by atoms with Crippen molar-refractivity contribution < 1.29 is 19.2 Å². The monoisotopic (exact) mass is 484 g/mol. The molecule has 7 nitrogen and oxygen atoms in total. The molecule has 1 heterocycles. The number of nitrogens with one attached hydrogen (secondary N) is 3. The van der Waals surface area contributed by atoms with E-state index in [1.165, 1.54) is 17.6 Å². The molecule has 0 saturated heterocycles. The summed E-state index contributed by atoms with van der Waals surface area (Å²) in [5, 5.41) is 14.8. The van der Waals surface area contributed by atoms with Crippen molar-refractivity contribution in [2.75, 3.05) is 5.32 Å². The molecule has 0 aliphatic rings. The third kappa shape index (κ3) is 6.52. The second-order valence-electron chi connectivity index (χ2n) is 8.16. The normalized spacial score (nSPS) is 10.5. The van der Waals surface area contributed by atoms with Crippen molar-refractivity contribution in [3.63, 3.8) is 0 Å². The number of amides is 2. The summed E-state index contributed by atoms with van der Waals surface area (Å²) < 4.78 is 14.0. The number of benzene rings is 3. The highest BCUT2D eigenvalue weighted by atomic mass is 19.1. The standard InChI is InChI=1S/C28H25FN4O3/c29-26-14-20(6-13-25(26)28(35)33-36)17-30-23-10-7-21(8-11-23)22-9-12-24(31-18-22)15-27(34)32-16-19-4-2-1-3-5-19/h1-14,18,30,36H,15-17H2,(H,32,34)(H,33,35). The molecule has 4 rings (SSSR count). The van der Waals surface area contributed by atoms with Crippen molar-refractivity contribution in [1.82, 2.24) is 15.8 Å². The predicted molar refractivity (Wildman–Crippen MR) is 135 cm³/mol. The topological polar surface area (TPSA) is 103 Å². The van der Waals surface area contributed by atoms with Crippen molar-refractivity contribution >= 4 is 17.5 Å². The molecule has 36 heavy (non-hydrogen) atoms. The minimum absolute atomic E-state index is 0.0827. The molecular weight excluding hydrogens is 459 g/mol. The molecular formula is C28H25FN4O3. The fourth-order valence-corrected chi connectivity index (χ4v) is 3.62. The average molecular weight is 485 g/mol. The number of nitrogens with zero attached hydrogens (tertiary/aromatic N) is 1. The largest absolute Gasteiger partial charge is 0.381 e. The third-order valence-electron chi connectivity index (χ3n) is 5.59. The zero-order chi connectivity index (χ0) is 25.3. The summed E-state index contributed by atoms with van der Waals surface area (Å²) in [6.07, 6.45) is 1.96. The Kier molecular flexibility index (Phi) is 8.00. The number of halogens is 1. The van der Waals surface area contributed by atoms with Crippen LogP contribution in [0.1, 0.15) is 27.2 Å². The Hall–Kier alpha value is -4.56. The smallest absolute Gasteiger partial charge is 0.277 e. The van der Waals surface area contributed by atoms with Gasteiger partial charge in [0.05, 0.1) is 12.0 Å². The lowest BCUT2D eigenvalue weighted by Crippen LogP contribution is -2.24. The Morgan fingerprint density at radius 2 is 1.58 bits per heavy atom. The Labute approximate surface area is 208 Å². The van der Waals surface area contributed by atoms with Crippen LogP contribution in [0.3, 0.4) is 0 Å². The molecule has 3 aromatic carbocycles. The number of hydroxylamine groups is 1. The first-order valence-corrected chi connectivity index (χ1v) is 11.3. The number of aromatic nitrogens is 1. The second kappa shape index (κ2) is 11.7. The van der Waals surface area contributed by atoms with Crippen LogP contribution in [0.5, 0.6) is 0 Å². The maximum atomic E-state index is 14.0. The lowest BCUT2D eigenvalue weighted by Gasteiger charge is -2.09. The van der Waals surface area contributed by atoms with Crippen molar-refractivity contribution in [3.05, 3.63) is 119 Å². The van der Waals surface area contributed by atoms with Gasteiger partial charge in [0.1, 0.15) is 5.82 Å². The number of carbonyl (C=O) groups excluding carboxylic acids is 2. The Bertz CT molecular complexity index is 1330. The highest BCUT2D eigenvalue weighted by Crippen LogP contribution is 2.22. The van der Waals surface area contributed by atoms with Crippen molar-refractivity contribution in [3.8, 4) is 11.1 Å². The highest BCUT2D eigenvalue weighted by molar-refractivity contribution is 5.93. The molecule has 0 aliphatic heterocycles. The van der Waals surface area contributed by atoms with Gasteiger partial charge in [-0.05, 0) is 47.0 Å². The molecule has 0 bridgehead atoms. The van der Waals surface area contributed by atoms with Crippen LogP contribution in [-0.2, 0) is 24.3 Å². The summed E-state index contributed by atoms with van der Waals surface area (Å²) in [6.45, 7) is 0.846. The number of anilines is 1. The Balaban J connectivity index is 1.29. The van der Waals surface area contributed by atoms with E-state index in [4.69, 9.17) is 5.21 Å². The molecule has 0 unspecified atom stereocenters. The summed E-state index contributed by atoms with van der Waals surface area (Å²) >= 11 is 0. The van der Waals surface area contributed by atoms with E-state index in [0.717, 1.165) is 22.4 Å². The van der Waals surface area contributed by atoms with Gasteiger partial charge in [-0.25, -0.2) is 9.87 Å². The first kappa shape index (κ1) is 24.6. The zero-order valence-electron chi connectivity index (χ0n) is 19.4. The van der Waals surface area contributed by atoms with Crippen LogP contribution in [-0.4, -0.2) is 22.0 Å². The quantitative estimate of drug-likeness (QED) is 0.207. The van der Waals surface area contributed by atoms with Gasteiger partial charge in [-0.1, -0.05) is 54.6 Å². The van der Waals surface area contributed by atoms with Gasteiger partial charge in [0.15, 0.2) is 0 Å². The average Bonchev–Trinajstić information content (AvgIpc) is 2.92. The Morgan fingerprint density at radius 1 is 0.833 bits per heavy atom. The van der Waals surface area contributed by atoms with Crippen LogP contribution in [0.15, 0.2) is 91.1 Å². The van der Waals surface area contributed by atoms with E-state index in [9.17, 15) is 14.0 Å². The molecule has 8 heteroatoms. The van der Waals surface area contributed by atoms with Gasteiger partial charge in [-0.3, -0.25) is 19.8 Å². The molecule has 0 spiro atoms. The zero-order valence-corrected chi connectivity index (χ0v) is 19.4. The highest BCUT2D eigenvalue weighted by Gasteiger charge is 2.11. The fraction of sp³-hybridized carbons (Fsp3) is 0.107. The maximum absolute atomic E-state index is 14.0. The number of hydrogen-bond donors (Lipinski definition) is 4. The molecule has 182 valence electrons. The number of carbonyl (C=O) groups is 2. The molecule has 0 aliphatic carbocycles. The molecule has 1 aromatic heterocycles. The van der Waals surface area contributed by atoms with Gasteiger partial charge in [-0.15, -0.1) is 0 Å². The predicted octanol–water partition coefficient (Wildman–Crippen LogP) is 4.48. The summed E-state index contributed by atoms with van der Waals surface area (Å²) in [5.41, 5.74) is 6.33. The first-order chi connectivity index (χ1) is 17.5. The second-order valence-corrected chi connectivity index (χ2v) is 8.16. The molecule has 4 aromatic rings. The summed E-state index contributed by atoms with van der Waals surface area (Å²) in [6, 6.07) is 25.4. The first-order valence-electron chi connectivity index (χ1n) is 11.3. The maximum Gasteiger partial charge on any atom is 0.277 e. The van der Waals surface area contributed by atoms with Crippen LogP contribution < -0.4 is 16.1 Å². The van der Waals surface area contributed by atoms with E-state index < -0.39 is 11.7 Å². The molecule has 0 fully saturated rings. The van der Waals surface area contributed by atoms with E-state index >= 15 is 0 Å². The van der Waals surface area contributed by atoms with E-state index in [-0.39, 0.29) is 17.9 Å². The van der Waals surface area contributed by atoms with Crippen LogP contribution in [0, 0.1) is 5.82 Å². The Morgan fingerprint density at radius 3 is 2.25 bits per heavy atom. The van der Waals surface area contributed by atoms with Gasteiger partial charge in [0, 0.05) is 36.2 Å². The number of rotatable bonds is 9. The molecule has 0 atom stereocenters. The van der Waals surface area contributed by atoms with Crippen molar-refractivity contribution in [1.29, 1.82) is 0 Å². The summed E-state index contributed by atoms with van der Waals surface area (Å²) in [5.74, 6) is -1.68. The van der Waals surface area contributed by atoms with Crippen LogP contribution >= 0.6 is 0 Å². The molecule has 2 amide bonds. The van der Waals surface area contributed by atoms with Crippen molar-refractivity contribution in [2.45, 2.75) is 19.5 Å². The SMILES string of the molecule is O=C(Cc1ccc(-c2ccc(NCc3ccc(C(=O)NO)c(F)c3)cc2)cn1)NCc1ccccc1. The fourth-order valence-electron chi connectivity index (χ4n) is 3.62. The lowest BCUT2D eigenvalue weighted by atomic mass is 10.1. The van der Waals surface area contributed by atoms with Gasteiger partial charge < -0.3 is 10.6 Å². The number of pyridine rings is 1. The van der Waals surface area contributed by atoms with E-state index in [0.29, 0.717) is 24.3 Å². The molecule has 4 N–H and O–H groups in total. The van der Waals surface area contributed by atoms with E-state index in [1.54, 1.807) is 12.3 Å². The van der Waals surface area contributed by atoms with Gasteiger partial charge >= 0.3 is 0 Å². The lowest BCUT2D eigenvalue weighted by molar-refractivity contribution is -0.120. The van der Waals surface area contributed by atoms with Crippen LogP contribution in [0.4, 0.5) is 10.1 Å². The van der Waals surface area contributed by atoms with E-state index in [1.807, 2.05) is 66.7 Å². The van der Waals surface area contributed by atoms with Gasteiger partial charge in [-0.2, -0.15) is 0 Å². The molecule has 0 saturated carbocycles. The van der Waals surface area contributed by atoms with Gasteiger partial charge in [0.2, 0.25) is 5.91 Å². The minimum atomic E-state index is -0.892.